The molecule has 0 aliphatic carbocycles. The molecule has 0 unspecified atom stereocenters. The maximum Gasteiger partial charge on any atom is 0.0474 e. The van der Waals surface area contributed by atoms with Crippen molar-refractivity contribution in [3.8, 4) is 0 Å². The summed E-state index contributed by atoms with van der Waals surface area (Å²) in [6.45, 7) is 0.977. The largest absolute Gasteiger partial charge is 0.305 e. The molecule has 0 saturated carbocycles. The zero-order valence-electron chi connectivity index (χ0n) is 7.55. The topological polar surface area (TPSA) is 3.24 Å². The van der Waals surface area contributed by atoms with Gasteiger partial charge in [-0.05, 0) is 25.2 Å². The summed E-state index contributed by atoms with van der Waals surface area (Å²) in [5, 5.41) is 0. The highest BCUT2D eigenvalue weighted by molar-refractivity contribution is 6.17. The van der Waals surface area contributed by atoms with E-state index >= 15 is 0 Å². The molecule has 0 N–H and O–H groups in total. The molecular formula is C10H14ClN. The molecule has 0 bridgehead atoms. The number of rotatable bonds is 3. The second-order valence-electron chi connectivity index (χ2n) is 3.19. The average Bonchev–Trinajstić information content (AvgIpc) is 2.03. The predicted molar refractivity (Wildman–Crippen MR) is 53.4 cm³/mol. The third-order valence-electron chi connectivity index (χ3n) is 1.64. The van der Waals surface area contributed by atoms with E-state index in [0.717, 1.165) is 6.54 Å². The van der Waals surface area contributed by atoms with Gasteiger partial charge in [0.15, 0.2) is 0 Å². The minimum absolute atomic E-state index is 0.598. The fourth-order valence-electron chi connectivity index (χ4n) is 1.18. The molecule has 1 aromatic rings. The highest BCUT2D eigenvalue weighted by Gasteiger charge is 1.95. The fraction of sp³-hybridized carbons (Fsp3) is 0.400. The summed E-state index contributed by atoms with van der Waals surface area (Å²) in [4.78, 5) is 2.15. The molecule has 1 nitrogen and oxygen atoms in total. The van der Waals surface area contributed by atoms with E-state index in [0.29, 0.717) is 5.88 Å². The molecule has 12 heavy (non-hydrogen) atoms. The van der Waals surface area contributed by atoms with Crippen molar-refractivity contribution in [1.82, 2.24) is 4.90 Å². The Morgan fingerprint density at radius 3 is 2.50 bits per heavy atom. The van der Waals surface area contributed by atoms with E-state index in [1.807, 2.05) is 6.07 Å². The molecule has 0 aliphatic rings. The Balaban J connectivity index is 2.72. The minimum Gasteiger partial charge on any atom is -0.305 e. The van der Waals surface area contributed by atoms with Crippen LogP contribution in [0, 0.1) is 0 Å². The summed E-state index contributed by atoms with van der Waals surface area (Å²) in [6.07, 6.45) is 0. The van der Waals surface area contributed by atoms with Gasteiger partial charge < -0.3 is 4.90 Å². The van der Waals surface area contributed by atoms with E-state index in [-0.39, 0.29) is 0 Å². The van der Waals surface area contributed by atoms with E-state index in [1.165, 1.54) is 11.1 Å². The Morgan fingerprint density at radius 2 is 1.92 bits per heavy atom. The molecule has 1 aromatic carbocycles. The van der Waals surface area contributed by atoms with Gasteiger partial charge in [0.2, 0.25) is 0 Å². The molecule has 0 fully saturated rings. The summed E-state index contributed by atoms with van der Waals surface area (Å²) < 4.78 is 0. The van der Waals surface area contributed by atoms with Crippen LogP contribution in [0.15, 0.2) is 24.3 Å². The number of hydrogen-bond acceptors (Lipinski definition) is 1. The van der Waals surface area contributed by atoms with Gasteiger partial charge in [-0.15, -0.1) is 11.6 Å². The zero-order chi connectivity index (χ0) is 8.97. The van der Waals surface area contributed by atoms with Gasteiger partial charge in [-0.1, -0.05) is 24.3 Å². The molecular weight excluding hydrogens is 170 g/mol. The third kappa shape index (κ3) is 2.84. The van der Waals surface area contributed by atoms with Gasteiger partial charge in [0.1, 0.15) is 0 Å². The van der Waals surface area contributed by atoms with Crippen LogP contribution in [-0.2, 0) is 12.4 Å². The molecule has 2 heteroatoms. The van der Waals surface area contributed by atoms with Crippen LogP contribution in [-0.4, -0.2) is 19.0 Å². The second-order valence-corrected chi connectivity index (χ2v) is 3.46. The first-order valence-electron chi connectivity index (χ1n) is 4.01. The number of alkyl halides is 1. The molecule has 0 aliphatic heterocycles. The van der Waals surface area contributed by atoms with Crippen molar-refractivity contribution in [2.24, 2.45) is 0 Å². The molecule has 0 heterocycles. The van der Waals surface area contributed by atoms with Gasteiger partial charge in [0.05, 0.1) is 0 Å². The van der Waals surface area contributed by atoms with Crippen molar-refractivity contribution in [2.75, 3.05) is 14.1 Å². The minimum atomic E-state index is 0.598. The smallest absolute Gasteiger partial charge is 0.0474 e. The lowest BCUT2D eigenvalue weighted by molar-refractivity contribution is 0.402. The predicted octanol–water partition coefficient (Wildman–Crippen LogP) is 2.49. The number of hydrogen-bond donors (Lipinski definition) is 0. The fourth-order valence-corrected chi connectivity index (χ4v) is 1.34. The molecule has 0 spiro atoms. The van der Waals surface area contributed by atoms with Crippen LogP contribution in [0.2, 0.25) is 0 Å². The summed E-state index contributed by atoms with van der Waals surface area (Å²) in [7, 11) is 4.13. The van der Waals surface area contributed by atoms with Crippen LogP contribution in [0.4, 0.5) is 0 Å². The zero-order valence-corrected chi connectivity index (χ0v) is 8.30. The Hall–Kier alpha value is -0.530. The molecule has 0 amide bonds. The Morgan fingerprint density at radius 1 is 1.25 bits per heavy atom. The third-order valence-corrected chi connectivity index (χ3v) is 1.95. The van der Waals surface area contributed by atoms with E-state index in [9.17, 15) is 0 Å². The number of halogens is 1. The molecule has 0 aromatic heterocycles. The van der Waals surface area contributed by atoms with Gasteiger partial charge in [-0.25, -0.2) is 0 Å². The van der Waals surface area contributed by atoms with Crippen molar-refractivity contribution in [2.45, 2.75) is 12.4 Å². The van der Waals surface area contributed by atoms with Gasteiger partial charge in [0.25, 0.3) is 0 Å². The second kappa shape index (κ2) is 4.48. The molecule has 66 valence electrons. The summed E-state index contributed by atoms with van der Waals surface area (Å²) in [5.41, 5.74) is 2.51. The summed E-state index contributed by atoms with van der Waals surface area (Å²) in [5.74, 6) is 0.598. The van der Waals surface area contributed by atoms with Gasteiger partial charge in [0, 0.05) is 12.4 Å². The van der Waals surface area contributed by atoms with Gasteiger partial charge in [-0.2, -0.15) is 0 Å². The highest BCUT2D eigenvalue weighted by atomic mass is 35.5. The number of nitrogens with zero attached hydrogens (tertiary/aromatic N) is 1. The SMILES string of the molecule is CN(C)Cc1cccc(CCl)c1. The van der Waals surface area contributed by atoms with Crippen LogP contribution in [0.25, 0.3) is 0 Å². The monoisotopic (exact) mass is 183 g/mol. The van der Waals surface area contributed by atoms with Crippen LogP contribution in [0.5, 0.6) is 0 Å². The summed E-state index contributed by atoms with van der Waals surface area (Å²) in [6, 6.07) is 8.37. The van der Waals surface area contributed by atoms with Gasteiger partial charge in [-0.3, -0.25) is 0 Å². The highest BCUT2D eigenvalue weighted by Crippen LogP contribution is 2.08. The van der Waals surface area contributed by atoms with Crippen LogP contribution < -0.4 is 0 Å². The Kier molecular flexibility index (Phi) is 3.57. The van der Waals surface area contributed by atoms with Crippen molar-refractivity contribution in [3.63, 3.8) is 0 Å². The maximum absolute atomic E-state index is 5.72. The molecule has 1 rings (SSSR count). The molecule has 0 radical (unpaired) electrons. The van der Waals surface area contributed by atoms with Gasteiger partial charge >= 0.3 is 0 Å². The lowest BCUT2D eigenvalue weighted by Gasteiger charge is -2.09. The van der Waals surface area contributed by atoms with E-state index in [1.54, 1.807) is 0 Å². The lowest BCUT2D eigenvalue weighted by Crippen LogP contribution is -2.10. The first-order valence-corrected chi connectivity index (χ1v) is 4.54. The van der Waals surface area contributed by atoms with Crippen LogP contribution in [0.1, 0.15) is 11.1 Å². The lowest BCUT2D eigenvalue weighted by atomic mass is 10.1. The van der Waals surface area contributed by atoms with E-state index in [4.69, 9.17) is 11.6 Å². The average molecular weight is 184 g/mol. The van der Waals surface area contributed by atoms with Crippen molar-refractivity contribution >= 4 is 11.6 Å². The quantitative estimate of drug-likeness (QED) is 0.651. The molecule has 0 atom stereocenters. The van der Waals surface area contributed by atoms with E-state index in [2.05, 4.69) is 37.2 Å². The van der Waals surface area contributed by atoms with Crippen molar-refractivity contribution in [3.05, 3.63) is 35.4 Å². The standard InChI is InChI=1S/C10H14ClN/c1-12(2)8-10-5-3-4-9(6-10)7-11/h3-6H,7-8H2,1-2H3. The van der Waals surface area contributed by atoms with Crippen LogP contribution >= 0.6 is 11.6 Å². The van der Waals surface area contributed by atoms with Crippen molar-refractivity contribution in [1.29, 1.82) is 0 Å². The maximum atomic E-state index is 5.72. The first-order chi connectivity index (χ1) is 5.72. The summed E-state index contributed by atoms with van der Waals surface area (Å²) >= 11 is 5.72. The number of benzene rings is 1. The van der Waals surface area contributed by atoms with Crippen LogP contribution in [0.3, 0.4) is 0 Å². The normalized spacial score (nSPS) is 10.7. The van der Waals surface area contributed by atoms with Crippen molar-refractivity contribution < 1.29 is 0 Å². The first kappa shape index (κ1) is 9.56. The Labute approximate surface area is 79.0 Å². The Bertz CT molecular complexity index is 245. The molecule has 0 saturated heterocycles. The van der Waals surface area contributed by atoms with E-state index < -0.39 is 0 Å².